The molecule has 14 heavy (non-hydrogen) atoms. The van der Waals surface area contributed by atoms with Crippen molar-refractivity contribution in [3.8, 4) is 0 Å². The molecule has 0 spiro atoms. The van der Waals surface area contributed by atoms with E-state index < -0.39 is 0 Å². The molecule has 0 aliphatic heterocycles. The van der Waals surface area contributed by atoms with Crippen LogP contribution in [0, 0.1) is 5.92 Å². The lowest BCUT2D eigenvalue weighted by atomic mass is 9.82. The fraction of sp³-hybridized carbons (Fsp3) is 0.900. The molecular weight excluding hydrogens is 180 g/mol. The van der Waals surface area contributed by atoms with Crippen LogP contribution in [0.4, 0.5) is 0 Å². The first-order chi connectivity index (χ1) is 6.72. The molecular formula is C10H20N2O2. The summed E-state index contributed by atoms with van der Waals surface area (Å²) in [5.41, 5.74) is 0. The number of rotatable bonds is 6. The number of carbonyl (C=O) groups excluding carboxylic acids is 1. The Balaban J connectivity index is 1.93. The number of nitrogens with one attached hydrogen (secondary N) is 2. The van der Waals surface area contributed by atoms with Gasteiger partial charge >= 0.3 is 0 Å². The van der Waals surface area contributed by atoms with Gasteiger partial charge in [-0.15, -0.1) is 0 Å². The molecule has 1 aliphatic rings. The summed E-state index contributed by atoms with van der Waals surface area (Å²) < 4.78 is 0. The second-order valence-corrected chi connectivity index (χ2v) is 3.90. The highest BCUT2D eigenvalue weighted by molar-refractivity contribution is 5.76. The number of amides is 1. The van der Waals surface area contributed by atoms with Crippen molar-refractivity contribution >= 4 is 5.91 Å². The van der Waals surface area contributed by atoms with E-state index in [4.69, 9.17) is 5.11 Å². The molecule has 0 bridgehead atoms. The molecule has 0 radical (unpaired) electrons. The van der Waals surface area contributed by atoms with Crippen molar-refractivity contribution in [2.75, 3.05) is 19.6 Å². The second-order valence-electron chi connectivity index (χ2n) is 3.90. The molecule has 0 heterocycles. The van der Waals surface area contributed by atoms with E-state index in [-0.39, 0.29) is 12.0 Å². The van der Waals surface area contributed by atoms with Gasteiger partial charge in [-0.2, -0.15) is 0 Å². The summed E-state index contributed by atoms with van der Waals surface area (Å²) >= 11 is 0. The van der Waals surface area contributed by atoms with Gasteiger partial charge in [0.1, 0.15) is 0 Å². The molecule has 82 valence electrons. The first kappa shape index (κ1) is 11.5. The predicted molar refractivity (Wildman–Crippen MR) is 54.9 cm³/mol. The highest BCUT2D eigenvalue weighted by Gasteiger charge is 2.26. The predicted octanol–water partition coefficient (Wildman–Crippen LogP) is -0.127. The lowest BCUT2D eigenvalue weighted by Gasteiger charge is -2.31. The van der Waals surface area contributed by atoms with E-state index in [0.717, 1.165) is 32.5 Å². The maximum Gasteiger partial charge on any atom is 0.221 e. The van der Waals surface area contributed by atoms with Crippen LogP contribution in [-0.4, -0.2) is 36.8 Å². The summed E-state index contributed by atoms with van der Waals surface area (Å²) in [6.45, 7) is 4.40. The van der Waals surface area contributed by atoms with E-state index in [2.05, 4.69) is 10.6 Å². The number of aliphatic hydroxyl groups excluding tert-OH is 1. The number of hydrogen-bond acceptors (Lipinski definition) is 3. The minimum Gasteiger partial charge on any atom is -0.393 e. The van der Waals surface area contributed by atoms with E-state index >= 15 is 0 Å². The smallest absolute Gasteiger partial charge is 0.221 e. The van der Waals surface area contributed by atoms with Crippen molar-refractivity contribution in [3.05, 3.63) is 0 Å². The summed E-state index contributed by atoms with van der Waals surface area (Å²) in [4.78, 5) is 11.2. The molecule has 4 nitrogen and oxygen atoms in total. The van der Waals surface area contributed by atoms with Crippen molar-refractivity contribution in [2.45, 2.75) is 32.3 Å². The van der Waals surface area contributed by atoms with E-state index in [0.29, 0.717) is 12.3 Å². The Morgan fingerprint density at radius 1 is 1.50 bits per heavy atom. The third kappa shape index (κ3) is 4.07. The van der Waals surface area contributed by atoms with Crippen molar-refractivity contribution in [1.29, 1.82) is 0 Å². The van der Waals surface area contributed by atoms with E-state index in [1.165, 1.54) is 0 Å². The van der Waals surface area contributed by atoms with Gasteiger partial charge in [-0.05, 0) is 25.3 Å². The van der Waals surface area contributed by atoms with Gasteiger partial charge in [0.2, 0.25) is 5.91 Å². The van der Waals surface area contributed by atoms with Crippen LogP contribution in [0.1, 0.15) is 26.2 Å². The summed E-state index contributed by atoms with van der Waals surface area (Å²) in [6, 6.07) is 0. The maximum absolute atomic E-state index is 11.2. The quantitative estimate of drug-likeness (QED) is 0.524. The Bertz CT molecular complexity index is 179. The minimum absolute atomic E-state index is 0.104. The number of aliphatic hydroxyl groups is 1. The third-order valence-electron chi connectivity index (χ3n) is 2.58. The van der Waals surface area contributed by atoms with Crippen LogP contribution >= 0.6 is 0 Å². The molecule has 3 N–H and O–H groups in total. The van der Waals surface area contributed by atoms with Crippen molar-refractivity contribution in [1.82, 2.24) is 10.6 Å². The normalized spacial score (nSPS) is 25.6. The Labute approximate surface area is 85.1 Å². The molecule has 4 heteroatoms. The lowest BCUT2D eigenvalue weighted by molar-refractivity contribution is -0.121. The first-order valence-electron chi connectivity index (χ1n) is 5.37. The van der Waals surface area contributed by atoms with Crippen molar-refractivity contribution in [2.24, 2.45) is 5.92 Å². The SMILES string of the molecule is CCNCCC(=O)NCC1CC(O)C1. The van der Waals surface area contributed by atoms with Gasteiger partial charge in [0.15, 0.2) is 0 Å². The molecule has 1 amide bonds. The van der Waals surface area contributed by atoms with Gasteiger partial charge in [-0.1, -0.05) is 6.92 Å². The van der Waals surface area contributed by atoms with Gasteiger partial charge in [0, 0.05) is 19.5 Å². The van der Waals surface area contributed by atoms with Crippen LogP contribution in [0.2, 0.25) is 0 Å². The molecule has 1 aliphatic carbocycles. The highest BCUT2D eigenvalue weighted by atomic mass is 16.3. The Kier molecular flexibility index (Phi) is 4.90. The van der Waals surface area contributed by atoms with Crippen LogP contribution in [-0.2, 0) is 4.79 Å². The van der Waals surface area contributed by atoms with Gasteiger partial charge in [-0.3, -0.25) is 4.79 Å². The van der Waals surface area contributed by atoms with Crippen molar-refractivity contribution < 1.29 is 9.90 Å². The average Bonchev–Trinajstić information content (AvgIpc) is 2.11. The summed E-state index contributed by atoms with van der Waals surface area (Å²) in [6.07, 6.45) is 2.10. The van der Waals surface area contributed by atoms with Gasteiger partial charge in [0.25, 0.3) is 0 Å². The molecule has 0 atom stereocenters. The molecule has 0 unspecified atom stereocenters. The third-order valence-corrected chi connectivity index (χ3v) is 2.58. The largest absolute Gasteiger partial charge is 0.393 e. The fourth-order valence-corrected chi connectivity index (χ4v) is 1.59. The van der Waals surface area contributed by atoms with Crippen molar-refractivity contribution in [3.63, 3.8) is 0 Å². The van der Waals surface area contributed by atoms with E-state index in [1.807, 2.05) is 6.92 Å². The Hall–Kier alpha value is -0.610. The lowest BCUT2D eigenvalue weighted by Crippen LogP contribution is -2.39. The molecule has 0 aromatic heterocycles. The van der Waals surface area contributed by atoms with Gasteiger partial charge in [0.05, 0.1) is 6.10 Å². The second kappa shape index (κ2) is 5.98. The van der Waals surface area contributed by atoms with Crippen LogP contribution in [0.5, 0.6) is 0 Å². The maximum atomic E-state index is 11.2. The molecule has 1 rings (SSSR count). The summed E-state index contributed by atoms with van der Waals surface area (Å²) in [7, 11) is 0. The van der Waals surface area contributed by atoms with Gasteiger partial charge < -0.3 is 15.7 Å². The zero-order chi connectivity index (χ0) is 10.4. The van der Waals surface area contributed by atoms with E-state index in [1.54, 1.807) is 0 Å². The molecule has 0 aromatic rings. The van der Waals surface area contributed by atoms with Crippen LogP contribution in [0.3, 0.4) is 0 Å². The number of hydrogen-bond donors (Lipinski definition) is 3. The highest BCUT2D eigenvalue weighted by Crippen LogP contribution is 2.25. The number of carbonyl (C=O) groups is 1. The standard InChI is InChI=1S/C10H20N2O2/c1-2-11-4-3-10(14)12-7-8-5-9(13)6-8/h8-9,11,13H,2-7H2,1H3,(H,12,14). The first-order valence-corrected chi connectivity index (χ1v) is 5.37. The summed E-state index contributed by atoms with van der Waals surface area (Å²) in [5.74, 6) is 0.598. The average molecular weight is 200 g/mol. The van der Waals surface area contributed by atoms with Crippen LogP contribution in [0.15, 0.2) is 0 Å². The van der Waals surface area contributed by atoms with Gasteiger partial charge in [-0.25, -0.2) is 0 Å². The molecule has 0 aromatic carbocycles. The van der Waals surface area contributed by atoms with Crippen LogP contribution in [0.25, 0.3) is 0 Å². The zero-order valence-electron chi connectivity index (χ0n) is 8.75. The molecule has 0 saturated heterocycles. The monoisotopic (exact) mass is 200 g/mol. The molecule has 1 saturated carbocycles. The van der Waals surface area contributed by atoms with Crippen LogP contribution < -0.4 is 10.6 Å². The Morgan fingerprint density at radius 3 is 2.79 bits per heavy atom. The summed E-state index contributed by atoms with van der Waals surface area (Å²) in [5, 5.41) is 15.0. The topological polar surface area (TPSA) is 61.4 Å². The van der Waals surface area contributed by atoms with E-state index in [9.17, 15) is 4.79 Å². The fourth-order valence-electron chi connectivity index (χ4n) is 1.59. The zero-order valence-corrected chi connectivity index (χ0v) is 8.75. The Morgan fingerprint density at radius 2 is 2.21 bits per heavy atom. The minimum atomic E-state index is -0.126. The molecule has 1 fully saturated rings.